The number of carboxylic acid groups (broad SMARTS) is 2. The number of aliphatic imine (C=N–C) groups is 3. The van der Waals surface area contributed by atoms with Crippen molar-refractivity contribution in [2.24, 2.45) is 66.9 Å². The molecule has 46 heteroatoms. The lowest BCUT2D eigenvalue weighted by atomic mass is 9.96. The lowest BCUT2D eigenvalue weighted by molar-refractivity contribution is -0.142. The quantitative estimate of drug-likeness (QED) is 0.0137. The standard InChI is InChI=1S/C71H112N24O20S2/c1-6-37(3)55-65(111)89-47(29-54(101)102)62(108)86-43(22-15-25-80-70(75)76)60(106)94-56(38(4)7-2)66(112)91-49(64(110)88-46(28-40-19-12-9-13-20-40)61(107)87-44(68(114)115)23-16-26-81-71(77)78)35-116-117-36-50(92-63(109)48(34-97)90-57(103)41(72)33-96)67(113)95(5)32-53(100)85-45(27-39-17-10-8-11-18-39)58(104)83-30-51(98)82-31-52(99)84-42(59(105)93-55)21-14-24-79-69(73)74/h8-13,17-20,37-38,41-50,55-56,96-97H,6-7,14-16,21-36,72H2,1-5H3,(H,82,98)(H,83,104)(H,84,99)(H,85,100)(H,86,108)(H,87,107)(H,88,110)(H,89,111)(H,90,103)(H,91,112)(H,92,109)(H,93,105)(H,94,106)(H,101,102)(H,114,115)(H4,73,74,79)(H4,75,76,80)(H4,77,78,81)/t37-,38-,41+,42-,43+,44+,45-,46+,47-,48+,49-,50-,55+,56-/m0/s1. The number of nitrogens with one attached hydrogen (secondary N) is 13. The normalized spacial score (nSPS) is 21.3. The fourth-order valence-electron chi connectivity index (χ4n) is 11.1. The molecule has 0 bridgehead atoms. The molecule has 117 heavy (non-hydrogen) atoms. The molecule has 0 aliphatic carbocycles. The second-order valence-corrected chi connectivity index (χ2v) is 29.9. The zero-order chi connectivity index (χ0) is 87.4. The van der Waals surface area contributed by atoms with Gasteiger partial charge < -0.3 is 135 Å². The van der Waals surface area contributed by atoms with E-state index in [1.165, 1.54) is 13.8 Å². The van der Waals surface area contributed by atoms with E-state index in [0.717, 1.165) is 33.5 Å². The largest absolute Gasteiger partial charge is 0.481 e. The monoisotopic (exact) mass is 1680 g/mol. The van der Waals surface area contributed by atoms with Crippen LogP contribution in [0.2, 0.25) is 0 Å². The van der Waals surface area contributed by atoms with Gasteiger partial charge in [-0.2, -0.15) is 0 Å². The summed E-state index contributed by atoms with van der Waals surface area (Å²) in [4.78, 5) is 238. The Balaban J connectivity index is 2.39. The Hall–Kier alpha value is -11.7. The molecule has 0 radical (unpaired) electrons. The van der Waals surface area contributed by atoms with Crippen LogP contribution < -0.4 is 109 Å². The molecule has 1 fully saturated rings. The van der Waals surface area contributed by atoms with Crippen LogP contribution in [-0.2, 0) is 89.6 Å². The van der Waals surface area contributed by atoms with Crippen molar-refractivity contribution in [3.05, 3.63) is 71.8 Å². The third-order valence-corrected chi connectivity index (χ3v) is 20.4. The van der Waals surface area contributed by atoms with Crippen LogP contribution in [-0.4, -0.2) is 281 Å². The molecular formula is C71H112N24O20S2. The van der Waals surface area contributed by atoms with E-state index in [-0.39, 0.29) is 102 Å². The summed E-state index contributed by atoms with van der Waals surface area (Å²) in [7, 11) is 2.63. The van der Waals surface area contributed by atoms with E-state index in [0.29, 0.717) is 11.1 Å². The van der Waals surface area contributed by atoms with E-state index in [1.807, 2.05) is 0 Å². The molecule has 2 aromatic carbocycles. The number of hydrogen-bond acceptors (Lipinski definition) is 24. The Kier molecular flexibility index (Phi) is 44.9. The molecule has 1 aliphatic heterocycles. The van der Waals surface area contributed by atoms with Gasteiger partial charge in [0.15, 0.2) is 17.9 Å². The summed E-state index contributed by atoms with van der Waals surface area (Å²) in [5, 5.41) is 72.3. The number of hydrogen-bond donors (Lipinski definition) is 24. The summed E-state index contributed by atoms with van der Waals surface area (Å²) in [5.74, 6) is -21.7. The number of guanidine groups is 3. The van der Waals surface area contributed by atoms with Gasteiger partial charge in [-0.1, -0.05) is 123 Å². The van der Waals surface area contributed by atoms with Gasteiger partial charge in [-0.3, -0.25) is 86.9 Å². The van der Waals surface area contributed by atoms with Gasteiger partial charge in [0, 0.05) is 51.0 Å². The molecule has 14 amide bonds. The highest BCUT2D eigenvalue weighted by molar-refractivity contribution is 8.76. The molecule has 1 saturated heterocycles. The summed E-state index contributed by atoms with van der Waals surface area (Å²) < 4.78 is 0. The number of aliphatic hydroxyl groups excluding tert-OH is 2. The van der Waals surface area contributed by atoms with Gasteiger partial charge in [0.2, 0.25) is 82.7 Å². The van der Waals surface area contributed by atoms with Gasteiger partial charge in [-0.05, 0) is 61.5 Å². The first kappa shape index (κ1) is 99.5. The van der Waals surface area contributed by atoms with Gasteiger partial charge in [-0.15, -0.1) is 0 Å². The van der Waals surface area contributed by atoms with Crippen molar-refractivity contribution in [3.8, 4) is 0 Å². The van der Waals surface area contributed by atoms with Gasteiger partial charge in [0.1, 0.15) is 72.5 Å². The van der Waals surface area contributed by atoms with Crippen LogP contribution in [0, 0.1) is 11.8 Å². The molecule has 2 aromatic rings. The highest BCUT2D eigenvalue weighted by Crippen LogP contribution is 2.25. The van der Waals surface area contributed by atoms with Crippen LogP contribution in [0.4, 0.5) is 0 Å². The minimum atomic E-state index is -2.02. The molecule has 648 valence electrons. The molecule has 3 rings (SSSR count). The predicted molar refractivity (Wildman–Crippen MR) is 431 cm³/mol. The Bertz CT molecular complexity index is 3780. The Labute approximate surface area is 682 Å². The van der Waals surface area contributed by atoms with E-state index in [2.05, 4.69) is 84.1 Å². The third-order valence-electron chi connectivity index (χ3n) is 18.0. The number of rotatable bonds is 33. The molecule has 0 spiro atoms. The molecule has 44 nitrogen and oxygen atoms in total. The van der Waals surface area contributed by atoms with E-state index in [9.17, 15) is 87.5 Å². The SMILES string of the molecule is CC[C@H](C)[C@@H]1NC(=O)[C@@H](CCCN=C(N)N)NC(=O)[C@H](CC(=O)O)NC(=O)[C@@H]([C@@H](C)CC)NC(=O)[C@H](CCCN=C(N)N)NC(=O)CNC(=O)CNC(=O)[C@H](Cc2ccccc2)NC(=O)CN(C)C(=O)[C@@H](NC(=O)[C@@H](CO)NC(=O)[C@H](N)CO)CSSC[C@@H](C(=O)N[C@H](Cc2ccccc2)C(=O)N[C@H](CCCN=C(N)N)C(=O)O)NC1=O. The van der Waals surface area contributed by atoms with Crippen LogP contribution in [0.15, 0.2) is 75.6 Å². The Morgan fingerprint density at radius 3 is 1.54 bits per heavy atom. The summed E-state index contributed by atoms with van der Waals surface area (Å²) >= 11 is 0. The third kappa shape index (κ3) is 37.7. The highest BCUT2D eigenvalue weighted by atomic mass is 33.1. The summed E-state index contributed by atoms with van der Waals surface area (Å²) in [6, 6.07) is -3.88. The Morgan fingerprint density at radius 2 is 1.02 bits per heavy atom. The maximum absolute atomic E-state index is 15.2. The summed E-state index contributed by atoms with van der Waals surface area (Å²) in [6.45, 7) is 1.60. The predicted octanol–water partition coefficient (Wildman–Crippen LogP) is -8.99. The topological polar surface area (TPSA) is 733 Å². The zero-order valence-corrected chi connectivity index (χ0v) is 67.3. The van der Waals surface area contributed by atoms with Crippen LogP contribution in [0.25, 0.3) is 0 Å². The first-order valence-electron chi connectivity index (χ1n) is 37.4. The molecular weight excluding hydrogens is 1570 g/mol. The van der Waals surface area contributed by atoms with Crippen LogP contribution in [0.3, 0.4) is 0 Å². The summed E-state index contributed by atoms with van der Waals surface area (Å²) in [6.07, 6.45) is -2.12. The molecule has 0 unspecified atom stereocenters. The number of aliphatic hydroxyl groups is 2. The number of carbonyl (C=O) groups excluding carboxylic acids is 14. The van der Waals surface area contributed by atoms with Crippen molar-refractivity contribution >= 4 is 134 Å². The lowest BCUT2D eigenvalue weighted by Crippen LogP contribution is -2.62. The van der Waals surface area contributed by atoms with E-state index in [4.69, 9.17) is 40.1 Å². The lowest BCUT2D eigenvalue weighted by Gasteiger charge is -2.30. The fourth-order valence-corrected chi connectivity index (χ4v) is 13.4. The van der Waals surface area contributed by atoms with Gasteiger partial charge in [0.25, 0.3) is 0 Å². The smallest absolute Gasteiger partial charge is 0.326 e. The van der Waals surface area contributed by atoms with Crippen molar-refractivity contribution in [1.29, 1.82) is 0 Å². The average Bonchev–Trinajstić information content (AvgIpc) is 0.856. The van der Waals surface area contributed by atoms with Crippen molar-refractivity contribution in [2.75, 3.05) is 71.0 Å². The fraction of sp³-hybridized carbons (Fsp3) is 0.563. The molecule has 0 saturated carbocycles. The maximum Gasteiger partial charge on any atom is 0.326 e. The molecule has 31 N–H and O–H groups in total. The minimum Gasteiger partial charge on any atom is -0.481 e. The average molecular weight is 1690 g/mol. The second kappa shape index (κ2) is 52.8. The van der Waals surface area contributed by atoms with Gasteiger partial charge in [-0.25, -0.2) is 4.79 Å². The van der Waals surface area contributed by atoms with Crippen LogP contribution in [0.5, 0.6) is 0 Å². The van der Waals surface area contributed by atoms with Crippen molar-refractivity contribution in [2.45, 2.75) is 171 Å². The second-order valence-electron chi connectivity index (χ2n) is 27.3. The minimum absolute atomic E-state index is 0.0263. The van der Waals surface area contributed by atoms with Crippen molar-refractivity contribution < 1.29 is 97.1 Å². The number of amides is 14. The van der Waals surface area contributed by atoms with E-state index in [1.54, 1.807) is 74.5 Å². The van der Waals surface area contributed by atoms with Gasteiger partial charge >= 0.3 is 11.9 Å². The van der Waals surface area contributed by atoms with Crippen LogP contribution in [0.1, 0.15) is 96.6 Å². The van der Waals surface area contributed by atoms with E-state index < -0.39 is 230 Å². The molecule has 14 atom stereocenters. The molecule has 1 heterocycles. The van der Waals surface area contributed by atoms with Crippen molar-refractivity contribution in [1.82, 2.24) is 74.0 Å². The van der Waals surface area contributed by atoms with E-state index >= 15 is 9.59 Å². The number of carboxylic acids is 2. The number of aliphatic carboxylic acids is 2. The number of likely N-dealkylation sites (N-methyl/N-ethyl adjacent to an activating group) is 1. The number of benzene rings is 2. The number of nitrogens with two attached hydrogens (primary N) is 7. The van der Waals surface area contributed by atoms with Gasteiger partial charge in [0.05, 0.1) is 39.3 Å². The number of carbonyl (C=O) groups is 16. The first-order valence-corrected chi connectivity index (χ1v) is 39.9. The molecule has 0 aromatic heterocycles. The van der Waals surface area contributed by atoms with Crippen molar-refractivity contribution in [3.63, 3.8) is 0 Å². The molecule has 1 aliphatic rings. The zero-order valence-electron chi connectivity index (χ0n) is 65.7. The maximum atomic E-state index is 15.2. The van der Waals surface area contributed by atoms with Crippen LogP contribution >= 0.6 is 21.6 Å². The summed E-state index contributed by atoms with van der Waals surface area (Å²) in [5.41, 5.74) is 39.8. The first-order chi connectivity index (χ1) is 55.4. The Morgan fingerprint density at radius 1 is 0.530 bits per heavy atom. The highest BCUT2D eigenvalue weighted by Gasteiger charge is 2.39. The number of nitrogens with zero attached hydrogens (tertiary/aromatic N) is 4.